The van der Waals surface area contributed by atoms with Crippen LogP contribution in [0.3, 0.4) is 0 Å². The van der Waals surface area contributed by atoms with E-state index in [1.807, 2.05) is 0 Å². The highest BCUT2D eigenvalue weighted by atomic mass is 19.1. The summed E-state index contributed by atoms with van der Waals surface area (Å²) >= 11 is 0. The molecule has 0 aliphatic heterocycles. The van der Waals surface area contributed by atoms with Gasteiger partial charge < -0.3 is 9.47 Å². The molecule has 0 amide bonds. The fourth-order valence-corrected chi connectivity index (χ4v) is 2.18. The maximum atomic E-state index is 13.2. The maximum Gasteiger partial charge on any atom is 0.297 e. The second kappa shape index (κ2) is 8.94. The van der Waals surface area contributed by atoms with Crippen LogP contribution in [-0.2, 0) is 0 Å². The van der Waals surface area contributed by atoms with Crippen LogP contribution in [0.25, 0.3) is 0 Å². The molecule has 0 saturated carbocycles. The van der Waals surface area contributed by atoms with Gasteiger partial charge in [0.1, 0.15) is 11.5 Å². The molecule has 0 heterocycles. The SMILES string of the molecule is COc1cc(C=Nc2ccc(F)cc2[N+](=O)[O-])ccc1OCCC(C)C. The van der Waals surface area contributed by atoms with E-state index in [9.17, 15) is 14.5 Å². The number of benzene rings is 2. The van der Waals surface area contributed by atoms with Crippen molar-refractivity contribution in [2.24, 2.45) is 10.9 Å². The second-order valence-electron chi connectivity index (χ2n) is 6.09. The fourth-order valence-electron chi connectivity index (χ4n) is 2.18. The normalized spacial score (nSPS) is 11.1. The smallest absolute Gasteiger partial charge is 0.297 e. The van der Waals surface area contributed by atoms with Gasteiger partial charge in [-0.15, -0.1) is 0 Å². The number of nitro groups is 1. The van der Waals surface area contributed by atoms with Crippen LogP contribution in [0.1, 0.15) is 25.8 Å². The zero-order valence-corrected chi connectivity index (χ0v) is 14.9. The van der Waals surface area contributed by atoms with Gasteiger partial charge in [-0.25, -0.2) is 9.38 Å². The molecular weight excluding hydrogens is 339 g/mol. The van der Waals surface area contributed by atoms with E-state index in [0.29, 0.717) is 29.6 Å². The molecule has 0 atom stereocenters. The lowest BCUT2D eigenvalue weighted by Crippen LogP contribution is -2.03. The Bertz CT molecular complexity index is 806. The zero-order chi connectivity index (χ0) is 19.1. The van der Waals surface area contributed by atoms with Crippen LogP contribution in [0.4, 0.5) is 15.8 Å². The molecule has 0 saturated heterocycles. The first kappa shape index (κ1) is 19.4. The third kappa shape index (κ3) is 5.27. The molecule has 0 aliphatic rings. The lowest BCUT2D eigenvalue weighted by atomic mass is 10.1. The van der Waals surface area contributed by atoms with Crippen LogP contribution in [0.2, 0.25) is 0 Å². The Kier molecular flexibility index (Phi) is 6.66. The molecule has 0 spiro atoms. The van der Waals surface area contributed by atoms with Gasteiger partial charge in [-0.3, -0.25) is 10.1 Å². The minimum absolute atomic E-state index is 0.0765. The van der Waals surface area contributed by atoms with Crippen molar-refractivity contribution < 1.29 is 18.8 Å². The van der Waals surface area contributed by atoms with Gasteiger partial charge in [0.05, 0.1) is 24.7 Å². The van der Waals surface area contributed by atoms with E-state index in [4.69, 9.17) is 9.47 Å². The molecule has 0 aliphatic carbocycles. The molecule has 0 aromatic heterocycles. The van der Waals surface area contributed by atoms with Gasteiger partial charge in [-0.2, -0.15) is 0 Å². The summed E-state index contributed by atoms with van der Waals surface area (Å²) < 4.78 is 24.2. The van der Waals surface area contributed by atoms with E-state index in [2.05, 4.69) is 18.8 Å². The number of nitro benzene ring substituents is 1. The number of hydrogen-bond donors (Lipinski definition) is 0. The van der Waals surface area contributed by atoms with E-state index in [1.165, 1.54) is 19.4 Å². The highest BCUT2D eigenvalue weighted by Crippen LogP contribution is 2.30. The molecule has 0 radical (unpaired) electrons. The number of rotatable bonds is 8. The Morgan fingerprint density at radius 3 is 2.65 bits per heavy atom. The molecular formula is C19H21FN2O4. The average molecular weight is 360 g/mol. The van der Waals surface area contributed by atoms with E-state index in [0.717, 1.165) is 18.6 Å². The van der Waals surface area contributed by atoms with Crippen molar-refractivity contribution >= 4 is 17.6 Å². The molecule has 26 heavy (non-hydrogen) atoms. The quantitative estimate of drug-likeness (QED) is 0.380. The van der Waals surface area contributed by atoms with Gasteiger partial charge in [0.25, 0.3) is 5.69 Å². The molecule has 0 N–H and O–H groups in total. The molecule has 0 fully saturated rings. The Morgan fingerprint density at radius 1 is 1.23 bits per heavy atom. The Hall–Kier alpha value is -2.96. The van der Waals surface area contributed by atoms with Gasteiger partial charge in [-0.1, -0.05) is 13.8 Å². The van der Waals surface area contributed by atoms with Crippen molar-refractivity contribution in [1.29, 1.82) is 0 Å². The highest BCUT2D eigenvalue weighted by molar-refractivity contribution is 5.84. The van der Waals surface area contributed by atoms with Crippen LogP contribution in [-0.4, -0.2) is 24.9 Å². The van der Waals surface area contributed by atoms with Crippen molar-refractivity contribution in [2.45, 2.75) is 20.3 Å². The molecule has 138 valence electrons. The standard InChI is InChI=1S/C19H21FN2O4/c1-13(2)8-9-26-18-7-4-14(10-19(18)25-3)12-21-16-6-5-15(20)11-17(16)22(23)24/h4-7,10-13H,8-9H2,1-3H3. The van der Waals surface area contributed by atoms with Crippen molar-refractivity contribution in [1.82, 2.24) is 0 Å². The monoisotopic (exact) mass is 360 g/mol. The topological polar surface area (TPSA) is 74.0 Å². The number of aliphatic imine (C=N–C) groups is 1. The predicted octanol–water partition coefficient (Wildman–Crippen LogP) is 4.92. The summed E-state index contributed by atoms with van der Waals surface area (Å²) in [7, 11) is 1.54. The third-order valence-corrected chi connectivity index (χ3v) is 3.63. The molecule has 2 aromatic rings. The predicted molar refractivity (Wildman–Crippen MR) is 98.3 cm³/mol. The van der Waals surface area contributed by atoms with Crippen LogP contribution in [0, 0.1) is 21.8 Å². The molecule has 6 nitrogen and oxygen atoms in total. The summed E-state index contributed by atoms with van der Waals surface area (Å²) in [6.45, 7) is 4.83. The number of halogens is 1. The molecule has 0 unspecified atom stereocenters. The Morgan fingerprint density at radius 2 is 2.00 bits per heavy atom. The number of methoxy groups -OCH3 is 1. The van der Waals surface area contributed by atoms with Gasteiger partial charge in [-0.05, 0) is 48.2 Å². The van der Waals surface area contributed by atoms with Gasteiger partial charge >= 0.3 is 0 Å². The second-order valence-corrected chi connectivity index (χ2v) is 6.09. The number of ether oxygens (including phenoxy) is 2. The molecule has 7 heteroatoms. The summed E-state index contributed by atoms with van der Waals surface area (Å²) in [6, 6.07) is 8.50. The van der Waals surface area contributed by atoms with Crippen molar-refractivity contribution in [2.75, 3.05) is 13.7 Å². The van der Waals surface area contributed by atoms with E-state index < -0.39 is 10.7 Å². The third-order valence-electron chi connectivity index (χ3n) is 3.63. The zero-order valence-electron chi connectivity index (χ0n) is 14.9. The van der Waals surface area contributed by atoms with Gasteiger partial charge in [0.2, 0.25) is 0 Å². The molecule has 2 aromatic carbocycles. The summed E-state index contributed by atoms with van der Waals surface area (Å²) in [4.78, 5) is 14.4. The molecule has 2 rings (SSSR count). The summed E-state index contributed by atoms with van der Waals surface area (Å²) in [6.07, 6.45) is 2.39. The van der Waals surface area contributed by atoms with Crippen LogP contribution in [0.5, 0.6) is 11.5 Å². The maximum absolute atomic E-state index is 13.2. The number of hydrogen-bond acceptors (Lipinski definition) is 5. The summed E-state index contributed by atoms with van der Waals surface area (Å²) in [5, 5.41) is 11.0. The summed E-state index contributed by atoms with van der Waals surface area (Å²) in [5.41, 5.74) is 0.367. The first-order valence-electron chi connectivity index (χ1n) is 8.19. The van der Waals surface area contributed by atoms with Crippen molar-refractivity contribution in [3.05, 3.63) is 57.9 Å². The highest BCUT2D eigenvalue weighted by Gasteiger charge is 2.14. The van der Waals surface area contributed by atoms with Crippen molar-refractivity contribution in [3.8, 4) is 11.5 Å². The first-order valence-corrected chi connectivity index (χ1v) is 8.19. The van der Waals surface area contributed by atoms with E-state index >= 15 is 0 Å². The van der Waals surface area contributed by atoms with Gasteiger partial charge in [0, 0.05) is 6.21 Å². The Balaban J connectivity index is 2.20. The van der Waals surface area contributed by atoms with E-state index in [-0.39, 0.29) is 11.4 Å². The van der Waals surface area contributed by atoms with E-state index in [1.54, 1.807) is 18.2 Å². The largest absolute Gasteiger partial charge is 0.493 e. The minimum atomic E-state index is -0.680. The van der Waals surface area contributed by atoms with Crippen LogP contribution >= 0.6 is 0 Å². The van der Waals surface area contributed by atoms with Crippen molar-refractivity contribution in [3.63, 3.8) is 0 Å². The van der Waals surface area contributed by atoms with Gasteiger partial charge in [0.15, 0.2) is 11.5 Å². The van der Waals surface area contributed by atoms with Crippen LogP contribution < -0.4 is 9.47 Å². The Labute approximate surface area is 151 Å². The number of nitrogens with zero attached hydrogens (tertiary/aromatic N) is 2. The molecule has 0 bridgehead atoms. The lowest BCUT2D eigenvalue weighted by Gasteiger charge is -2.12. The summed E-state index contributed by atoms with van der Waals surface area (Å²) in [5.74, 6) is 1.03. The average Bonchev–Trinajstić information content (AvgIpc) is 2.60. The fraction of sp³-hybridized carbons (Fsp3) is 0.316. The minimum Gasteiger partial charge on any atom is -0.493 e. The first-order chi connectivity index (χ1) is 12.4. The van der Waals surface area contributed by atoms with Crippen LogP contribution in [0.15, 0.2) is 41.4 Å². The lowest BCUT2D eigenvalue weighted by molar-refractivity contribution is -0.384.